The summed E-state index contributed by atoms with van der Waals surface area (Å²) in [5, 5.41) is 0. The molecule has 1 aromatic rings. The second-order valence-electron chi connectivity index (χ2n) is 2.75. The highest BCUT2D eigenvalue weighted by atomic mass is 127. The highest BCUT2D eigenvalue weighted by molar-refractivity contribution is 14.1. The van der Waals surface area contributed by atoms with E-state index in [2.05, 4.69) is 0 Å². The molecule has 15 heavy (non-hydrogen) atoms. The summed E-state index contributed by atoms with van der Waals surface area (Å²) in [6, 6.07) is 0. The van der Waals surface area contributed by atoms with Gasteiger partial charge in [0, 0.05) is 5.56 Å². The van der Waals surface area contributed by atoms with Gasteiger partial charge in [-0.1, -0.05) is 0 Å². The van der Waals surface area contributed by atoms with Crippen LogP contribution in [0.5, 0.6) is 0 Å². The van der Waals surface area contributed by atoms with Gasteiger partial charge in [0.2, 0.25) is 0 Å². The summed E-state index contributed by atoms with van der Waals surface area (Å²) in [5.74, 6) is -5.04. The summed E-state index contributed by atoms with van der Waals surface area (Å²) in [5.41, 5.74) is -2.74. The van der Waals surface area contributed by atoms with Crippen molar-refractivity contribution in [1.82, 2.24) is 0 Å². The van der Waals surface area contributed by atoms with E-state index in [1.54, 1.807) is 0 Å². The molecule has 0 fully saturated rings. The van der Waals surface area contributed by atoms with Crippen LogP contribution in [0.4, 0.5) is 26.3 Å². The molecule has 0 aliphatic rings. The minimum Gasteiger partial charge on any atom is -0.206 e. The van der Waals surface area contributed by atoms with Crippen LogP contribution in [0.1, 0.15) is 11.1 Å². The highest BCUT2D eigenvalue weighted by Crippen LogP contribution is 2.38. The number of hydrogen-bond acceptors (Lipinski definition) is 0. The SMILES string of the molecule is Cc1c(F)c(F)c(I)c(C(F)(F)F)c1F. The predicted molar refractivity (Wildman–Crippen MR) is 48.8 cm³/mol. The van der Waals surface area contributed by atoms with Crippen LogP contribution in [-0.4, -0.2) is 0 Å². The van der Waals surface area contributed by atoms with Crippen molar-refractivity contribution in [2.45, 2.75) is 13.1 Å². The van der Waals surface area contributed by atoms with E-state index in [0.29, 0.717) is 0 Å². The van der Waals surface area contributed by atoms with Crippen molar-refractivity contribution in [1.29, 1.82) is 0 Å². The lowest BCUT2D eigenvalue weighted by Crippen LogP contribution is -2.15. The molecule has 0 bridgehead atoms. The van der Waals surface area contributed by atoms with Gasteiger partial charge in [0.15, 0.2) is 11.6 Å². The molecule has 0 saturated heterocycles. The molecule has 0 heterocycles. The Morgan fingerprint density at radius 3 is 1.80 bits per heavy atom. The summed E-state index contributed by atoms with van der Waals surface area (Å²) >= 11 is 0.923. The molecular formula is C8H3F6I. The van der Waals surface area contributed by atoms with Crippen LogP contribution >= 0.6 is 22.6 Å². The minimum absolute atomic E-state index is 0.749. The molecule has 0 saturated carbocycles. The summed E-state index contributed by atoms with van der Waals surface area (Å²) in [4.78, 5) is 0. The van der Waals surface area contributed by atoms with Crippen LogP contribution in [0.3, 0.4) is 0 Å². The predicted octanol–water partition coefficient (Wildman–Crippen LogP) is 4.04. The molecule has 7 heteroatoms. The molecule has 1 rings (SSSR count). The standard InChI is InChI=1S/C8H3F6I/c1-2-4(9)3(8(12,13)14)7(15)6(11)5(2)10/h1H3. The average Bonchev–Trinajstić information content (AvgIpc) is 2.09. The molecule has 0 unspecified atom stereocenters. The molecule has 0 aliphatic carbocycles. The van der Waals surface area contributed by atoms with E-state index < -0.39 is 38.3 Å². The highest BCUT2D eigenvalue weighted by Gasteiger charge is 2.39. The Balaban J connectivity index is 3.68. The lowest BCUT2D eigenvalue weighted by molar-refractivity contribution is -0.141. The summed E-state index contributed by atoms with van der Waals surface area (Å²) in [7, 11) is 0. The van der Waals surface area contributed by atoms with E-state index in [0.717, 1.165) is 29.5 Å². The quantitative estimate of drug-likeness (QED) is 0.290. The fourth-order valence-electron chi connectivity index (χ4n) is 1.000. The zero-order valence-electron chi connectivity index (χ0n) is 7.15. The van der Waals surface area contributed by atoms with Gasteiger partial charge < -0.3 is 0 Å². The molecule has 0 aromatic heterocycles. The molecule has 0 N–H and O–H groups in total. The first kappa shape index (κ1) is 12.6. The number of hydrogen-bond donors (Lipinski definition) is 0. The Morgan fingerprint density at radius 1 is 0.933 bits per heavy atom. The molecule has 0 atom stereocenters. The van der Waals surface area contributed by atoms with Gasteiger partial charge in [0.25, 0.3) is 0 Å². The van der Waals surface area contributed by atoms with Gasteiger partial charge in [-0.3, -0.25) is 0 Å². The van der Waals surface area contributed by atoms with E-state index >= 15 is 0 Å². The molecule has 0 radical (unpaired) electrons. The molecular weight excluding hydrogens is 337 g/mol. The van der Waals surface area contributed by atoms with Gasteiger partial charge in [-0.25, -0.2) is 13.2 Å². The van der Waals surface area contributed by atoms with Crippen LogP contribution < -0.4 is 0 Å². The maximum atomic E-state index is 13.1. The van der Waals surface area contributed by atoms with Crippen LogP contribution in [0.2, 0.25) is 0 Å². The Hall–Kier alpha value is -0.470. The first-order valence-corrected chi connectivity index (χ1v) is 4.65. The Morgan fingerprint density at radius 2 is 1.40 bits per heavy atom. The van der Waals surface area contributed by atoms with Gasteiger partial charge in [-0.05, 0) is 29.5 Å². The second-order valence-corrected chi connectivity index (χ2v) is 3.83. The van der Waals surface area contributed by atoms with Crippen molar-refractivity contribution in [3.8, 4) is 0 Å². The Bertz CT molecular complexity index is 380. The zero-order chi connectivity index (χ0) is 12.0. The second kappa shape index (κ2) is 3.84. The van der Waals surface area contributed by atoms with E-state index in [1.807, 2.05) is 0 Å². The third-order valence-electron chi connectivity index (χ3n) is 1.77. The fourth-order valence-corrected chi connectivity index (χ4v) is 1.78. The summed E-state index contributed by atoms with van der Waals surface area (Å²) < 4.78 is 74.5. The van der Waals surface area contributed by atoms with E-state index in [4.69, 9.17) is 0 Å². The van der Waals surface area contributed by atoms with Crippen molar-refractivity contribution in [3.63, 3.8) is 0 Å². The van der Waals surface area contributed by atoms with Crippen LogP contribution in [0.15, 0.2) is 0 Å². The molecule has 0 spiro atoms. The van der Waals surface area contributed by atoms with Crippen LogP contribution in [0, 0.1) is 27.9 Å². The van der Waals surface area contributed by atoms with Crippen molar-refractivity contribution in [3.05, 3.63) is 32.1 Å². The van der Waals surface area contributed by atoms with Crippen LogP contribution in [-0.2, 0) is 6.18 Å². The van der Waals surface area contributed by atoms with Gasteiger partial charge in [-0.2, -0.15) is 13.2 Å². The first-order chi connectivity index (χ1) is 6.68. The summed E-state index contributed by atoms with van der Waals surface area (Å²) in [6.07, 6.45) is -5.04. The van der Waals surface area contributed by atoms with E-state index in [1.165, 1.54) is 0 Å². The number of rotatable bonds is 0. The van der Waals surface area contributed by atoms with Gasteiger partial charge in [0.1, 0.15) is 11.4 Å². The van der Waals surface area contributed by atoms with Gasteiger partial charge in [0.05, 0.1) is 3.57 Å². The van der Waals surface area contributed by atoms with Crippen molar-refractivity contribution in [2.24, 2.45) is 0 Å². The van der Waals surface area contributed by atoms with E-state index in [9.17, 15) is 26.3 Å². The molecule has 1 aromatic carbocycles. The van der Waals surface area contributed by atoms with Crippen molar-refractivity contribution < 1.29 is 26.3 Å². The average molecular weight is 340 g/mol. The normalized spacial score (nSPS) is 12.0. The first-order valence-electron chi connectivity index (χ1n) is 3.57. The largest absolute Gasteiger partial charge is 0.420 e. The number of alkyl halides is 3. The molecule has 0 aliphatic heterocycles. The van der Waals surface area contributed by atoms with E-state index in [-0.39, 0.29) is 0 Å². The number of halogens is 7. The van der Waals surface area contributed by atoms with Crippen LogP contribution in [0.25, 0.3) is 0 Å². The number of benzene rings is 1. The summed E-state index contributed by atoms with van der Waals surface area (Å²) in [6.45, 7) is 0.749. The van der Waals surface area contributed by atoms with Gasteiger partial charge in [-0.15, -0.1) is 0 Å². The smallest absolute Gasteiger partial charge is 0.206 e. The van der Waals surface area contributed by atoms with Crippen molar-refractivity contribution >= 4 is 22.6 Å². The zero-order valence-corrected chi connectivity index (χ0v) is 9.30. The molecule has 0 amide bonds. The van der Waals surface area contributed by atoms with Crippen molar-refractivity contribution in [2.75, 3.05) is 0 Å². The fraction of sp³-hybridized carbons (Fsp3) is 0.250. The Labute approximate surface area is 94.4 Å². The minimum atomic E-state index is -5.04. The molecule has 0 nitrogen and oxygen atoms in total. The topological polar surface area (TPSA) is 0 Å². The van der Waals surface area contributed by atoms with Gasteiger partial charge >= 0.3 is 6.18 Å². The lowest BCUT2D eigenvalue weighted by atomic mass is 10.1. The third-order valence-corrected chi connectivity index (χ3v) is 2.78. The molecule has 84 valence electrons. The Kier molecular flexibility index (Phi) is 3.22. The maximum absolute atomic E-state index is 13.1. The monoisotopic (exact) mass is 340 g/mol. The maximum Gasteiger partial charge on any atom is 0.420 e. The third kappa shape index (κ3) is 2.06. The lowest BCUT2D eigenvalue weighted by Gasteiger charge is -2.13.